The number of carbonyl (C=O) groups is 1. The van der Waals surface area contributed by atoms with Gasteiger partial charge in [0.2, 0.25) is 0 Å². The minimum atomic E-state index is -1.20. The third-order valence-electron chi connectivity index (χ3n) is 3.36. The van der Waals surface area contributed by atoms with Crippen molar-refractivity contribution in [3.63, 3.8) is 0 Å². The molecule has 0 fully saturated rings. The first kappa shape index (κ1) is 18.6. The molecule has 0 amide bonds. The van der Waals surface area contributed by atoms with Crippen LogP contribution < -0.4 is 0 Å². The van der Waals surface area contributed by atoms with Gasteiger partial charge in [0.05, 0.1) is 0 Å². The minimum absolute atomic E-state index is 0.550. The monoisotopic (exact) mass is 290 g/mol. The van der Waals surface area contributed by atoms with Crippen LogP contribution in [0.2, 0.25) is 0 Å². The summed E-state index contributed by atoms with van der Waals surface area (Å²) in [6.07, 6.45) is 10.6. The van der Waals surface area contributed by atoms with Gasteiger partial charge in [0.1, 0.15) is 5.25 Å². The van der Waals surface area contributed by atoms with Crippen molar-refractivity contribution in [2.24, 2.45) is 0 Å². The summed E-state index contributed by atoms with van der Waals surface area (Å²) in [5.41, 5.74) is 0. The Morgan fingerprint density at radius 3 is 2.00 bits per heavy atom. The molecular weight excluding hydrogens is 260 g/mol. The molecule has 3 nitrogen and oxygen atoms in total. The fourth-order valence-electron chi connectivity index (χ4n) is 2.10. The number of carboxylic acid groups (broad SMARTS) is 1. The molecule has 0 saturated carbocycles. The Balaban J connectivity index is 3.72. The predicted octanol–water partition coefficient (Wildman–Crippen LogP) is 4.13. The van der Waals surface area contributed by atoms with Gasteiger partial charge in [0.25, 0.3) is 0 Å². The topological polar surface area (TPSA) is 54.4 Å². The van der Waals surface area contributed by atoms with Gasteiger partial charge in [-0.3, -0.25) is 9.00 Å². The molecule has 2 unspecified atom stereocenters. The fraction of sp³-hybridized carbons (Fsp3) is 0.933. The molecule has 4 heteroatoms. The molecule has 0 bridgehead atoms. The fourth-order valence-corrected chi connectivity index (χ4v) is 3.53. The van der Waals surface area contributed by atoms with Gasteiger partial charge in [-0.25, -0.2) is 0 Å². The lowest BCUT2D eigenvalue weighted by molar-refractivity contribution is -0.136. The van der Waals surface area contributed by atoms with Gasteiger partial charge in [-0.2, -0.15) is 0 Å². The van der Waals surface area contributed by atoms with Crippen LogP contribution in [0.4, 0.5) is 0 Å². The van der Waals surface area contributed by atoms with Crippen LogP contribution in [0.5, 0.6) is 0 Å². The van der Waals surface area contributed by atoms with Gasteiger partial charge in [-0.15, -0.1) is 0 Å². The summed E-state index contributed by atoms with van der Waals surface area (Å²) in [6.45, 7) is 4.23. The zero-order chi connectivity index (χ0) is 14.5. The summed E-state index contributed by atoms with van der Waals surface area (Å²) in [5.74, 6) is -0.344. The van der Waals surface area contributed by atoms with E-state index in [0.29, 0.717) is 12.2 Å². The first-order valence-corrected chi connectivity index (χ1v) is 9.11. The minimum Gasteiger partial charge on any atom is -0.480 e. The van der Waals surface area contributed by atoms with E-state index < -0.39 is 22.0 Å². The molecule has 0 saturated heterocycles. The molecule has 0 spiro atoms. The van der Waals surface area contributed by atoms with Crippen molar-refractivity contribution in [1.82, 2.24) is 0 Å². The van der Waals surface area contributed by atoms with Crippen LogP contribution in [-0.2, 0) is 15.6 Å². The van der Waals surface area contributed by atoms with E-state index in [1.54, 1.807) is 0 Å². The molecule has 0 aliphatic carbocycles. The smallest absolute Gasteiger partial charge is 0.319 e. The third-order valence-corrected chi connectivity index (χ3v) is 5.12. The Hall–Kier alpha value is -0.380. The average molecular weight is 290 g/mol. The molecule has 0 radical (unpaired) electrons. The van der Waals surface area contributed by atoms with Crippen LogP contribution in [-0.4, -0.2) is 26.3 Å². The second-order valence-corrected chi connectivity index (χ2v) is 6.91. The third kappa shape index (κ3) is 10.1. The number of carboxylic acids is 1. The summed E-state index contributed by atoms with van der Waals surface area (Å²) in [7, 11) is -1.20. The Labute approximate surface area is 120 Å². The molecule has 19 heavy (non-hydrogen) atoms. The molecule has 0 heterocycles. The number of hydrogen-bond donors (Lipinski definition) is 1. The highest BCUT2D eigenvalue weighted by Crippen LogP contribution is 2.12. The van der Waals surface area contributed by atoms with Gasteiger partial charge in [-0.1, -0.05) is 65.2 Å². The second-order valence-electron chi connectivity index (χ2n) is 5.18. The summed E-state index contributed by atoms with van der Waals surface area (Å²) in [6, 6.07) is 0. The molecule has 0 aromatic carbocycles. The number of unbranched alkanes of at least 4 members (excludes halogenated alkanes) is 7. The molecule has 114 valence electrons. The van der Waals surface area contributed by atoms with E-state index in [0.717, 1.165) is 25.7 Å². The number of aliphatic carboxylic acids is 1. The van der Waals surface area contributed by atoms with Crippen LogP contribution in [0.25, 0.3) is 0 Å². The summed E-state index contributed by atoms with van der Waals surface area (Å²) >= 11 is 0. The Morgan fingerprint density at radius 1 is 0.947 bits per heavy atom. The number of rotatable bonds is 13. The lowest BCUT2D eigenvalue weighted by Gasteiger charge is -2.11. The van der Waals surface area contributed by atoms with Crippen molar-refractivity contribution < 1.29 is 14.1 Å². The van der Waals surface area contributed by atoms with Gasteiger partial charge in [0, 0.05) is 16.6 Å². The lowest BCUT2D eigenvalue weighted by atomic mass is 10.1. The maximum atomic E-state index is 12.0. The van der Waals surface area contributed by atoms with E-state index >= 15 is 0 Å². The average Bonchev–Trinajstić information content (AvgIpc) is 2.37. The van der Waals surface area contributed by atoms with E-state index in [2.05, 4.69) is 6.92 Å². The standard InChI is InChI=1S/C15H30O3S/c1-3-5-7-8-9-10-11-13-19(18)14(15(16)17)12-6-4-2/h14H,3-13H2,1-2H3,(H,16,17). The largest absolute Gasteiger partial charge is 0.480 e. The first-order valence-electron chi connectivity index (χ1n) is 7.73. The maximum Gasteiger partial charge on any atom is 0.319 e. The van der Waals surface area contributed by atoms with Gasteiger partial charge >= 0.3 is 5.97 Å². The Kier molecular flexibility index (Phi) is 12.4. The molecular formula is C15H30O3S. The Bertz CT molecular complexity index is 254. The summed E-state index contributed by atoms with van der Waals surface area (Å²) in [4.78, 5) is 11.1. The number of hydrogen-bond acceptors (Lipinski definition) is 2. The van der Waals surface area contributed by atoms with Crippen LogP contribution in [0.3, 0.4) is 0 Å². The molecule has 0 aromatic rings. The summed E-state index contributed by atoms with van der Waals surface area (Å²) < 4.78 is 12.0. The molecule has 2 atom stereocenters. The maximum absolute atomic E-state index is 12.0. The van der Waals surface area contributed by atoms with Crippen molar-refractivity contribution >= 4 is 16.8 Å². The van der Waals surface area contributed by atoms with E-state index in [9.17, 15) is 9.00 Å². The van der Waals surface area contributed by atoms with Crippen molar-refractivity contribution in [1.29, 1.82) is 0 Å². The lowest BCUT2D eigenvalue weighted by Crippen LogP contribution is -2.27. The highest BCUT2D eigenvalue weighted by atomic mass is 32.2. The Morgan fingerprint density at radius 2 is 1.47 bits per heavy atom. The van der Waals surface area contributed by atoms with Crippen LogP contribution in [0.1, 0.15) is 78.1 Å². The van der Waals surface area contributed by atoms with E-state index in [1.807, 2.05) is 6.92 Å². The molecule has 0 aromatic heterocycles. The van der Waals surface area contributed by atoms with Gasteiger partial charge < -0.3 is 5.11 Å². The van der Waals surface area contributed by atoms with Crippen LogP contribution in [0.15, 0.2) is 0 Å². The molecule has 0 aliphatic heterocycles. The van der Waals surface area contributed by atoms with Crippen molar-refractivity contribution in [3.8, 4) is 0 Å². The van der Waals surface area contributed by atoms with Crippen molar-refractivity contribution in [3.05, 3.63) is 0 Å². The van der Waals surface area contributed by atoms with Crippen molar-refractivity contribution in [2.45, 2.75) is 83.3 Å². The van der Waals surface area contributed by atoms with Gasteiger partial charge in [0.15, 0.2) is 0 Å². The first-order chi connectivity index (χ1) is 9.13. The SMILES string of the molecule is CCCCCCCCCS(=O)C(CCCC)C(=O)O. The van der Waals surface area contributed by atoms with Gasteiger partial charge in [-0.05, 0) is 12.8 Å². The molecule has 1 N–H and O–H groups in total. The second kappa shape index (κ2) is 12.6. The predicted molar refractivity (Wildman–Crippen MR) is 82.0 cm³/mol. The van der Waals surface area contributed by atoms with Crippen LogP contribution in [0, 0.1) is 0 Å². The van der Waals surface area contributed by atoms with Crippen molar-refractivity contribution in [2.75, 3.05) is 5.75 Å². The quantitative estimate of drug-likeness (QED) is 0.519. The zero-order valence-electron chi connectivity index (χ0n) is 12.5. The zero-order valence-corrected chi connectivity index (χ0v) is 13.3. The summed E-state index contributed by atoms with van der Waals surface area (Å²) in [5, 5.41) is 8.42. The highest BCUT2D eigenvalue weighted by Gasteiger charge is 2.23. The van der Waals surface area contributed by atoms with E-state index in [-0.39, 0.29) is 0 Å². The normalized spacial score (nSPS) is 14.2. The highest BCUT2D eigenvalue weighted by molar-refractivity contribution is 7.86. The van der Waals surface area contributed by atoms with Crippen LogP contribution >= 0.6 is 0 Å². The molecule has 0 aliphatic rings. The van der Waals surface area contributed by atoms with E-state index in [1.165, 1.54) is 32.1 Å². The molecule has 0 rings (SSSR count). The van der Waals surface area contributed by atoms with E-state index in [4.69, 9.17) is 5.11 Å².